The Balaban J connectivity index is 2.34. The monoisotopic (exact) mass is 317 g/mol. The molecule has 1 aliphatic heterocycles. The molecule has 1 heterocycles. The van der Waals surface area contributed by atoms with Gasteiger partial charge in [0.05, 0.1) is 11.0 Å². The maximum Gasteiger partial charge on any atom is 0.272 e. The molecule has 0 saturated carbocycles. The van der Waals surface area contributed by atoms with Crippen molar-refractivity contribution in [3.05, 3.63) is 34.1 Å². The summed E-state index contributed by atoms with van der Waals surface area (Å²) in [6, 6.07) is 2.20. The fourth-order valence-corrected chi connectivity index (χ4v) is 3.78. The summed E-state index contributed by atoms with van der Waals surface area (Å²) in [6.45, 7) is 2.30. The number of nitro benzene ring substituents is 1. The van der Waals surface area contributed by atoms with Crippen molar-refractivity contribution >= 4 is 15.7 Å². The third-order valence-corrected chi connectivity index (χ3v) is 5.62. The number of nitrogens with zero attached hydrogens (tertiary/aromatic N) is 2. The highest BCUT2D eigenvalue weighted by molar-refractivity contribution is 7.89. The molecule has 2 rings (SSSR count). The third kappa shape index (κ3) is 3.04. The van der Waals surface area contributed by atoms with Crippen molar-refractivity contribution in [1.82, 2.24) is 4.31 Å². The van der Waals surface area contributed by atoms with Gasteiger partial charge in [-0.15, -0.1) is 0 Å². The Bertz CT molecular complexity index is 664. The Kier molecular flexibility index (Phi) is 4.26. The Morgan fingerprint density at radius 2 is 2.14 bits per heavy atom. The van der Waals surface area contributed by atoms with Crippen LogP contribution < -0.4 is 5.73 Å². The molecule has 1 aromatic rings. The molecule has 116 valence electrons. The Hall–Kier alpha value is -1.58. The number of piperidine rings is 1. The van der Waals surface area contributed by atoms with Gasteiger partial charge in [0.1, 0.15) is 10.7 Å². The van der Waals surface area contributed by atoms with Gasteiger partial charge in [-0.1, -0.05) is 6.92 Å². The molecule has 0 bridgehead atoms. The van der Waals surface area contributed by atoms with Crippen molar-refractivity contribution in [2.45, 2.75) is 24.3 Å². The SMILES string of the molecule is CC1CCN(S(=O)(=O)c2ccc([N+](=O)[O-])cc2F)CC1N. The summed E-state index contributed by atoms with van der Waals surface area (Å²) in [6.07, 6.45) is 0.592. The number of halogens is 1. The fraction of sp³-hybridized carbons (Fsp3) is 0.500. The highest BCUT2D eigenvalue weighted by atomic mass is 32.2. The second kappa shape index (κ2) is 5.66. The van der Waals surface area contributed by atoms with E-state index in [-0.39, 0.29) is 25.0 Å². The van der Waals surface area contributed by atoms with Crippen LogP contribution in [0.3, 0.4) is 0 Å². The lowest BCUT2D eigenvalue weighted by atomic mass is 9.96. The summed E-state index contributed by atoms with van der Waals surface area (Å²) in [7, 11) is -4.04. The van der Waals surface area contributed by atoms with Gasteiger partial charge in [-0.05, 0) is 18.4 Å². The second-order valence-corrected chi connectivity index (χ2v) is 7.07. The van der Waals surface area contributed by atoms with Crippen LogP contribution in [0.2, 0.25) is 0 Å². The molecule has 9 heteroatoms. The number of hydrogen-bond donors (Lipinski definition) is 1. The molecule has 7 nitrogen and oxygen atoms in total. The van der Waals surface area contributed by atoms with Gasteiger partial charge < -0.3 is 5.73 Å². The number of sulfonamides is 1. The first-order valence-corrected chi connectivity index (χ1v) is 7.87. The lowest BCUT2D eigenvalue weighted by Gasteiger charge is -2.34. The van der Waals surface area contributed by atoms with Crippen molar-refractivity contribution in [1.29, 1.82) is 0 Å². The van der Waals surface area contributed by atoms with E-state index in [4.69, 9.17) is 5.73 Å². The standard InChI is InChI=1S/C12H16FN3O4S/c1-8-4-5-15(7-11(8)14)21(19,20)12-3-2-9(16(17)18)6-10(12)13/h2-3,6,8,11H,4-5,7,14H2,1H3. The largest absolute Gasteiger partial charge is 0.326 e. The van der Waals surface area contributed by atoms with E-state index in [1.807, 2.05) is 6.92 Å². The van der Waals surface area contributed by atoms with Crippen molar-refractivity contribution in [3.63, 3.8) is 0 Å². The number of non-ortho nitro benzene ring substituents is 1. The van der Waals surface area contributed by atoms with Gasteiger partial charge in [0.15, 0.2) is 0 Å². The van der Waals surface area contributed by atoms with Crippen LogP contribution >= 0.6 is 0 Å². The van der Waals surface area contributed by atoms with Crippen LogP contribution in [0, 0.1) is 21.8 Å². The molecule has 1 aliphatic rings. The summed E-state index contributed by atoms with van der Waals surface area (Å²) in [5, 5.41) is 10.6. The summed E-state index contributed by atoms with van der Waals surface area (Å²) >= 11 is 0. The van der Waals surface area contributed by atoms with Crippen LogP contribution in [0.1, 0.15) is 13.3 Å². The molecule has 0 aromatic heterocycles. The lowest BCUT2D eigenvalue weighted by Crippen LogP contribution is -2.49. The number of nitro groups is 1. The average molecular weight is 317 g/mol. The zero-order chi connectivity index (χ0) is 15.8. The van der Waals surface area contributed by atoms with Crippen molar-refractivity contribution in [2.24, 2.45) is 11.7 Å². The molecule has 1 fully saturated rings. The number of benzene rings is 1. The predicted molar refractivity (Wildman–Crippen MR) is 73.6 cm³/mol. The highest BCUT2D eigenvalue weighted by Crippen LogP contribution is 2.26. The van der Waals surface area contributed by atoms with E-state index in [0.717, 1.165) is 16.4 Å². The van der Waals surface area contributed by atoms with Crippen molar-refractivity contribution in [3.8, 4) is 0 Å². The van der Waals surface area contributed by atoms with Crippen LogP contribution in [0.4, 0.5) is 10.1 Å². The molecular weight excluding hydrogens is 301 g/mol. The zero-order valence-electron chi connectivity index (χ0n) is 11.4. The summed E-state index contributed by atoms with van der Waals surface area (Å²) in [5.74, 6) is -0.936. The second-order valence-electron chi connectivity index (χ2n) is 5.16. The molecule has 0 radical (unpaired) electrons. The van der Waals surface area contributed by atoms with Crippen LogP contribution in [0.25, 0.3) is 0 Å². The first-order chi connectivity index (χ1) is 9.73. The van der Waals surface area contributed by atoms with E-state index in [1.165, 1.54) is 0 Å². The first-order valence-electron chi connectivity index (χ1n) is 6.43. The van der Waals surface area contributed by atoms with Crippen LogP contribution in [0.15, 0.2) is 23.1 Å². The van der Waals surface area contributed by atoms with Gasteiger partial charge in [-0.25, -0.2) is 12.8 Å². The summed E-state index contributed by atoms with van der Waals surface area (Å²) in [4.78, 5) is 9.22. The summed E-state index contributed by atoms with van der Waals surface area (Å²) < 4.78 is 39.8. The lowest BCUT2D eigenvalue weighted by molar-refractivity contribution is -0.385. The molecule has 2 atom stereocenters. The molecule has 2 unspecified atom stereocenters. The van der Waals surface area contributed by atoms with Gasteiger partial charge in [-0.3, -0.25) is 10.1 Å². The van der Waals surface area contributed by atoms with E-state index >= 15 is 0 Å². The third-order valence-electron chi connectivity index (χ3n) is 3.72. The smallest absolute Gasteiger partial charge is 0.272 e. The first kappa shape index (κ1) is 15.8. The molecule has 1 aromatic carbocycles. The van der Waals surface area contributed by atoms with Gasteiger partial charge in [0.2, 0.25) is 10.0 Å². The molecule has 0 aliphatic carbocycles. The average Bonchev–Trinajstić information content (AvgIpc) is 2.41. The van der Waals surface area contributed by atoms with Gasteiger partial charge in [0, 0.05) is 25.2 Å². The van der Waals surface area contributed by atoms with E-state index in [0.29, 0.717) is 12.5 Å². The summed E-state index contributed by atoms with van der Waals surface area (Å²) in [5.41, 5.74) is 5.37. The van der Waals surface area contributed by atoms with Gasteiger partial charge in [-0.2, -0.15) is 4.31 Å². The van der Waals surface area contributed by atoms with E-state index in [9.17, 15) is 22.9 Å². The predicted octanol–water partition coefficient (Wildman–Crippen LogP) is 1.09. The highest BCUT2D eigenvalue weighted by Gasteiger charge is 2.34. The van der Waals surface area contributed by atoms with Crippen molar-refractivity contribution in [2.75, 3.05) is 13.1 Å². The number of nitrogens with two attached hydrogens (primary N) is 1. The van der Waals surface area contributed by atoms with Crippen LogP contribution in [-0.2, 0) is 10.0 Å². The van der Waals surface area contributed by atoms with E-state index < -0.39 is 31.3 Å². The zero-order valence-corrected chi connectivity index (χ0v) is 12.2. The molecule has 1 saturated heterocycles. The quantitative estimate of drug-likeness (QED) is 0.663. The Labute approximate surface area is 121 Å². The molecule has 0 spiro atoms. The van der Waals surface area contributed by atoms with E-state index in [1.54, 1.807) is 0 Å². The molecule has 2 N–H and O–H groups in total. The van der Waals surface area contributed by atoms with Crippen LogP contribution in [-0.4, -0.2) is 36.8 Å². The maximum absolute atomic E-state index is 13.9. The van der Waals surface area contributed by atoms with Crippen LogP contribution in [0.5, 0.6) is 0 Å². The molecule has 0 amide bonds. The van der Waals surface area contributed by atoms with Gasteiger partial charge >= 0.3 is 0 Å². The minimum atomic E-state index is -4.04. The number of rotatable bonds is 3. The Morgan fingerprint density at radius 3 is 2.67 bits per heavy atom. The minimum Gasteiger partial charge on any atom is -0.326 e. The Morgan fingerprint density at radius 1 is 1.48 bits per heavy atom. The number of hydrogen-bond acceptors (Lipinski definition) is 5. The molecular formula is C12H16FN3O4S. The fourth-order valence-electron chi connectivity index (χ4n) is 2.24. The normalized spacial score (nSPS) is 24.0. The maximum atomic E-state index is 13.9. The van der Waals surface area contributed by atoms with Crippen molar-refractivity contribution < 1.29 is 17.7 Å². The van der Waals surface area contributed by atoms with E-state index in [2.05, 4.69) is 0 Å². The minimum absolute atomic E-state index is 0.111. The van der Waals surface area contributed by atoms with Gasteiger partial charge in [0.25, 0.3) is 5.69 Å². The molecule has 21 heavy (non-hydrogen) atoms. The topological polar surface area (TPSA) is 107 Å².